The number of pyridine rings is 1. The molecule has 0 saturated heterocycles. The number of aromatic nitrogens is 1. The van der Waals surface area contributed by atoms with Crippen molar-refractivity contribution in [2.24, 2.45) is 0 Å². The molecule has 6 nitrogen and oxygen atoms in total. The third-order valence-corrected chi connectivity index (χ3v) is 5.54. The number of hydrogen-bond donors (Lipinski definition) is 1. The number of carbonyl (C=O) groups is 2. The average Bonchev–Trinajstić information content (AvgIpc) is 2.86. The molecule has 2 heterocycles. The number of benzene rings is 2. The van der Waals surface area contributed by atoms with Gasteiger partial charge in [0.2, 0.25) is 11.8 Å². The predicted octanol–water partition coefficient (Wildman–Crippen LogP) is 4.78. The lowest BCUT2D eigenvalue weighted by Gasteiger charge is -2.25. The summed E-state index contributed by atoms with van der Waals surface area (Å²) in [5.74, 6) is -2.87. The van der Waals surface area contributed by atoms with Crippen LogP contribution in [-0.4, -0.2) is 30.5 Å². The van der Waals surface area contributed by atoms with Crippen LogP contribution in [0.15, 0.2) is 48.7 Å². The fourth-order valence-electron chi connectivity index (χ4n) is 3.69. The Morgan fingerprint density at radius 3 is 2.72 bits per heavy atom. The summed E-state index contributed by atoms with van der Waals surface area (Å²) in [5, 5.41) is 2.45. The molecule has 1 aromatic heterocycles. The van der Waals surface area contributed by atoms with E-state index in [4.69, 9.17) is 16.3 Å². The van der Waals surface area contributed by atoms with Crippen LogP contribution in [0, 0.1) is 11.6 Å². The summed E-state index contributed by atoms with van der Waals surface area (Å²) in [6, 6.07) is 9.87. The molecular formula is C23H18ClF2N3O3. The van der Waals surface area contributed by atoms with Crippen LogP contribution >= 0.6 is 11.6 Å². The van der Waals surface area contributed by atoms with Crippen molar-refractivity contribution in [1.29, 1.82) is 0 Å². The van der Waals surface area contributed by atoms with Crippen molar-refractivity contribution in [3.05, 3.63) is 71.0 Å². The van der Waals surface area contributed by atoms with Crippen LogP contribution in [0.1, 0.15) is 18.5 Å². The molecule has 1 N–H and O–H groups in total. The Labute approximate surface area is 187 Å². The third-order valence-electron chi connectivity index (χ3n) is 5.23. The number of ether oxygens (including phenoxy) is 1. The first kappa shape index (κ1) is 21.7. The average molecular weight is 458 g/mol. The molecule has 0 saturated carbocycles. The summed E-state index contributed by atoms with van der Waals surface area (Å²) in [4.78, 5) is 31.6. The van der Waals surface area contributed by atoms with Gasteiger partial charge in [-0.05, 0) is 31.2 Å². The number of halogens is 3. The molecular weight excluding hydrogens is 440 g/mol. The highest BCUT2D eigenvalue weighted by molar-refractivity contribution is 6.30. The Morgan fingerprint density at radius 1 is 1.22 bits per heavy atom. The van der Waals surface area contributed by atoms with Gasteiger partial charge in [-0.3, -0.25) is 14.6 Å². The molecule has 0 unspecified atom stereocenters. The summed E-state index contributed by atoms with van der Waals surface area (Å²) in [7, 11) is 1.38. The molecule has 2 amide bonds. The van der Waals surface area contributed by atoms with E-state index < -0.39 is 35.9 Å². The van der Waals surface area contributed by atoms with Gasteiger partial charge in [-0.25, -0.2) is 8.78 Å². The summed E-state index contributed by atoms with van der Waals surface area (Å²) < 4.78 is 34.1. The molecule has 1 aliphatic rings. The maximum atomic E-state index is 15.2. The number of carbonyl (C=O) groups excluding carboxylic acids is 2. The fraction of sp³-hybridized carbons (Fsp3) is 0.174. The first-order chi connectivity index (χ1) is 15.3. The van der Waals surface area contributed by atoms with Crippen molar-refractivity contribution in [3.8, 4) is 16.9 Å². The minimum absolute atomic E-state index is 0.0821. The van der Waals surface area contributed by atoms with Crippen LogP contribution in [0.4, 0.5) is 20.2 Å². The second-order valence-electron chi connectivity index (χ2n) is 7.26. The molecule has 0 radical (unpaired) electrons. The smallest absolute Gasteiger partial charge is 0.244 e. The highest BCUT2D eigenvalue weighted by Crippen LogP contribution is 2.43. The van der Waals surface area contributed by atoms with Gasteiger partial charge in [-0.1, -0.05) is 17.7 Å². The highest BCUT2D eigenvalue weighted by Gasteiger charge is 2.35. The highest BCUT2D eigenvalue weighted by atomic mass is 35.5. The summed E-state index contributed by atoms with van der Waals surface area (Å²) in [5.41, 5.74) is 1.38. The lowest BCUT2D eigenvalue weighted by atomic mass is 9.97. The normalized spacial score (nSPS) is 15.0. The zero-order valence-electron chi connectivity index (χ0n) is 17.2. The Balaban J connectivity index is 1.77. The van der Waals surface area contributed by atoms with Gasteiger partial charge in [0.1, 0.15) is 23.9 Å². The number of amides is 2. The summed E-state index contributed by atoms with van der Waals surface area (Å²) >= 11 is 5.68. The van der Waals surface area contributed by atoms with Gasteiger partial charge >= 0.3 is 0 Å². The minimum atomic E-state index is -0.732. The zero-order valence-corrected chi connectivity index (χ0v) is 17.9. The molecule has 4 rings (SSSR count). The lowest BCUT2D eigenvalue weighted by Crippen LogP contribution is -2.40. The Morgan fingerprint density at radius 2 is 2.00 bits per heavy atom. The number of anilines is 2. The van der Waals surface area contributed by atoms with Gasteiger partial charge in [0.25, 0.3) is 0 Å². The van der Waals surface area contributed by atoms with E-state index in [-0.39, 0.29) is 27.7 Å². The van der Waals surface area contributed by atoms with E-state index in [1.165, 1.54) is 42.5 Å². The molecule has 164 valence electrons. The van der Waals surface area contributed by atoms with E-state index in [9.17, 15) is 14.0 Å². The van der Waals surface area contributed by atoms with Crippen molar-refractivity contribution in [2.45, 2.75) is 12.8 Å². The van der Waals surface area contributed by atoms with Crippen LogP contribution in [0.2, 0.25) is 5.02 Å². The van der Waals surface area contributed by atoms with E-state index in [2.05, 4.69) is 10.3 Å². The maximum absolute atomic E-state index is 15.2. The van der Waals surface area contributed by atoms with E-state index >= 15 is 4.39 Å². The SMILES string of the molecule is COc1cc(F)c2c(c1)N(CC(=O)Nc1ccc(Cl)c(F)c1)C(=O)[C@@H](C)c1ncccc1-2. The molecule has 32 heavy (non-hydrogen) atoms. The molecule has 0 spiro atoms. The quantitative estimate of drug-likeness (QED) is 0.612. The minimum Gasteiger partial charge on any atom is -0.497 e. The van der Waals surface area contributed by atoms with Crippen molar-refractivity contribution < 1.29 is 23.1 Å². The van der Waals surface area contributed by atoms with Gasteiger partial charge in [0.05, 0.1) is 29.4 Å². The first-order valence-electron chi connectivity index (χ1n) is 9.69. The number of nitrogens with one attached hydrogen (secondary N) is 1. The monoisotopic (exact) mass is 457 g/mol. The lowest BCUT2D eigenvalue weighted by molar-refractivity contribution is -0.122. The van der Waals surface area contributed by atoms with Crippen molar-refractivity contribution in [2.75, 3.05) is 23.9 Å². The molecule has 3 aromatic rings. The van der Waals surface area contributed by atoms with E-state index in [1.807, 2.05) is 0 Å². The largest absolute Gasteiger partial charge is 0.497 e. The molecule has 1 aliphatic heterocycles. The molecule has 1 atom stereocenters. The van der Waals surface area contributed by atoms with E-state index in [1.54, 1.807) is 19.1 Å². The van der Waals surface area contributed by atoms with Gasteiger partial charge in [-0.15, -0.1) is 0 Å². The van der Waals surface area contributed by atoms with E-state index in [0.29, 0.717) is 11.3 Å². The molecule has 0 aliphatic carbocycles. The maximum Gasteiger partial charge on any atom is 0.244 e. The van der Waals surface area contributed by atoms with Crippen LogP contribution in [-0.2, 0) is 9.59 Å². The number of methoxy groups -OCH3 is 1. The number of nitrogens with zero attached hydrogens (tertiary/aromatic N) is 2. The summed E-state index contributed by atoms with van der Waals surface area (Å²) in [6.45, 7) is 1.22. The number of rotatable bonds is 4. The third kappa shape index (κ3) is 3.89. The van der Waals surface area contributed by atoms with Crippen LogP contribution < -0.4 is 15.0 Å². The second-order valence-corrected chi connectivity index (χ2v) is 7.67. The van der Waals surface area contributed by atoms with Crippen molar-refractivity contribution >= 4 is 34.8 Å². The van der Waals surface area contributed by atoms with Gasteiger partial charge in [0, 0.05) is 35.1 Å². The Kier molecular flexibility index (Phi) is 5.80. The van der Waals surface area contributed by atoms with Crippen LogP contribution in [0.5, 0.6) is 5.75 Å². The Bertz CT molecular complexity index is 1240. The van der Waals surface area contributed by atoms with Gasteiger partial charge in [-0.2, -0.15) is 0 Å². The molecule has 0 bridgehead atoms. The van der Waals surface area contributed by atoms with Crippen LogP contribution in [0.25, 0.3) is 11.1 Å². The Hall–Kier alpha value is -3.52. The number of fused-ring (bicyclic) bond motifs is 3. The molecule has 2 aromatic carbocycles. The number of hydrogen-bond acceptors (Lipinski definition) is 4. The van der Waals surface area contributed by atoms with Crippen molar-refractivity contribution in [3.63, 3.8) is 0 Å². The zero-order chi connectivity index (χ0) is 23.0. The standard InChI is InChI=1S/C23H18ClF2N3O3/c1-12-22-15(4-3-7-27-22)21-18(26)9-14(32-2)10-19(21)29(23(12)31)11-20(30)28-13-5-6-16(24)17(25)8-13/h3-10,12H,11H2,1-2H3,(H,28,30)/t12-/m0/s1. The second kappa shape index (κ2) is 8.55. The molecule has 9 heteroatoms. The summed E-state index contributed by atoms with van der Waals surface area (Å²) in [6.07, 6.45) is 1.53. The van der Waals surface area contributed by atoms with Crippen LogP contribution in [0.3, 0.4) is 0 Å². The predicted molar refractivity (Wildman–Crippen MR) is 117 cm³/mol. The van der Waals surface area contributed by atoms with Gasteiger partial charge in [0.15, 0.2) is 0 Å². The first-order valence-corrected chi connectivity index (χ1v) is 10.1. The van der Waals surface area contributed by atoms with E-state index in [0.717, 1.165) is 6.07 Å². The van der Waals surface area contributed by atoms with Crippen molar-refractivity contribution in [1.82, 2.24) is 4.98 Å². The fourth-order valence-corrected chi connectivity index (χ4v) is 3.81. The van der Waals surface area contributed by atoms with Gasteiger partial charge < -0.3 is 15.0 Å². The molecule has 0 fully saturated rings. The topological polar surface area (TPSA) is 71.5 Å².